The second-order valence-corrected chi connectivity index (χ2v) is 10.1. The second-order valence-electron chi connectivity index (χ2n) is 8.38. The van der Waals surface area contributed by atoms with Crippen molar-refractivity contribution in [1.82, 2.24) is 14.9 Å². The summed E-state index contributed by atoms with van der Waals surface area (Å²) in [5.41, 5.74) is 4.85. The third-order valence-electron chi connectivity index (χ3n) is 5.49. The van der Waals surface area contributed by atoms with Crippen LogP contribution in [0.15, 0.2) is 114 Å². The minimum atomic E-state index is -0.216. The number of halogens is 1. The van der Waals surface area contributed by atoms with Crippen LogP contribution in [0.1, 0.15) is 11.1 Å². The van der Waals surface area contributed by atoms with Crippen molar-refractivity contribution in [3.63, 3.8) is 0 Å². The summed E-state index contributed by atoms with van der Waals surface area (Å²) in [6.45, 7) is 1.50. The van der Waals surface area contributed by atoms with Gasteiger partial charge in [0.15, 0.2) is 5.16 Å². The van der Waals surface area contributed by atoms with Crippen LogP contribution in [0.4, 0.5) is 10.5 Å². The smallest absolute Gasteiger partial charge is 0.291 e. The van der Waals surface area contributed by atoms with E-state index in [1.807, 2.05) is 60.7 Å². The molecule has 0 spiro atoms. The lowest BCUT2D eigenvalue weighted by Crippen LogP contribution is -2.29. The maximum atomic E-state index is 11.9. The summed E-state index contributed by atoms with van der Waals surface area (Å²) in [6.07, 6.45) is 0. The van der Waals surface area contributed by atoms with Crippen LogP contribution < -0.4 is 5.32 Å². The SMILES string of the molecule is COC(=S)N(Cc1ccccc1)Cc1ccccc1.O=C(Nc1cccc(Cl)c1)Sc1nc2ccccc2[nH]1. The Hall–Kier alpha value is -3.85. The minimum absolute atomic E-state index is 0.216. The lowest BCUT2D eigenvalue weighted by Gasteiger charge is -2.24. The van der Waals surface area contributed by atoms with Gasteiger partial charge in [-0.1, -0.05) is 90.5 Å². The molecule has 198 valence electrons. The van der Waals surface area contributed by atoms with Crippen molar-refractivity contribution in [2.75, 3.05) is 12.4 Å². The number of H-pyrrole nitrogens is 1. The summed E-state index contributed by atoms with van der Waals surface area (Å²) in [6, 6.07) is 35.2. The number of fused-ring (bicyclic) bond motifs is 1. The van der Waals surface area contributed by atoms with Gasteiger partial charge < -0.3 is 19.9 Å². The molecular weight excluding hydrogens is 548 g/mol. The van der Waals surface area contributed by atoms with Gasteiger partial charge in [0.2, 0.25) is 0 Å². The highest BCUT2D eigenvalue weighted by Gasteiger charge is 2.11. The van der Waals surface area contributed by atoms with Crippen LogP contribution in [-0.4, -0.2) is 32.4 Å². The first-order valence-electron chi connectivity index (χ1n) is 12.1. The molecule has 5 rings (SSSR count). The van der Waals surface area contributed by atoms with Crippen LogP contribution in [0.5, 0.6) is 0 Å². The van der Waals surface area contributed by atoms with Crippen molar-refractivity contribution >= 4 is 62.7 Å². The average Bonchev–Trinajstić information content (AvgIpc) is 3.36. The van der Waals surface area contributed by atoms with Gasteiger partial charge in [-0.2, -0.15) is 0 Å². The van der Waals surface area contributed by atoms with Crippen LogP contribution in [0.25, 0.3) is 11.0 Å². The first-order chi connectivity index (χ1) is 19.0. The van der Waals surface area contributed by atoms with E-state index in [9.17, 15) is 4.79 Å². The molecule has 4 aromatic carbocycles. The number of thioether (sulfide) groups is 1. The third kappa shape index (κ3) is 8.85. The number of hydrogen-bond acceptors (Lipinski definition) is 5. The normalized spacial score (nSPS) is 10.3. The molecule has 0 saturated carbocycles. The fraction of sp³-hybridized carbons (Fsp3) is 0.100. The van der Waals surface area contributed by atoms with Crippen LogP contribution in [0.3, 0.4) is 0 Å². The quantitative estimate of drug-likeness (QED) is 0.157. The van der Waals surface area contributed by atoms with Gasteiger partial charge in [-0.15, -0.1) is 0 Å². The number of carbonyl (C=O) groups excluding carboxylic acids is 1. The van der Waals surface area contributed by atoms with Crippen molar-refractivity contribution < 1.29 is 9.53 Å². The lowest BCUT2D eigenvalue weighted by atomic mass is 10.2. The Labute approximate surface area is 242 Å². The molecular formula is C30H27ClN4O2S2. The Morgan fingerprint density at radius 3 is 2.13 bits per heavy atom. The third-order valence-corrected chi connectivity index (χ3v) is 6.83. The van der Waals surface area contributed by atoms with Gasteiger partial charge in [0, 0.05) is 35.6 Å². The molecule has 6 nitrogen and oxygen atoms in total. The number of imidazole rings is 1. The van der Waals surface area contributed by atoms with E-state index in [1.165, 1.54) is 11.1 Å². The molecule has 1 amide bonds. The molecule has 0 radical (unpaired) electrons. The van der Waals surface area contributed by atoms with Crippen LogP contribution in [0.2, 0.25) is 5.02 Å². The zero-order valence-electron chi connectivity index (χ0n) is 21.2. The van der Waals surface area contributed by atoms with Crippen molar-refractivity contribution in [2.24, 2.45) is 0 Å². The molecule has 0 atom stereocenters. The number of amides is 1. The summed E-state index contributed by atoms with van der Waals surface area (Å²) >= 11 is 12.2. The molecule has 2 N–H and O–H groups in total. The highest BCUT2D eigenvalue weighted by Crippen LogP contribution is 2.22. The number of carbonyl (C=O) groups is 1. The topological polar surface area (TPSA) is 70.2 Å². The number of methoxy groups -OCH3 is 1. The van der Waals surface area contributed by atoms with Crippen molar-refractivity contribution in [2.45, 2.75) is 18.2 Å². The van der Waals surface area contributed by atoms with E-state index in [0.29, 0.717) is 21.0 Å². The summed E-state index contributed by atoms with van der Waals surface area (Å²) < 4.78 is 5.21. The first kappa shape index (κ1) is 28.2. The number of nitrogens with one attached hydrogen (secondary N) is 2. The van der Waals surface area contributed by atoms with Gasteiger partial charge in [0.25, 0.3) is 10.4 Å². The maximum Gasteiger partial charge on any atom is 0.291 e. The number of aromatic amines is 1. The van der Waals surface area contributed by atoms with Crippen LogP contribution in [0, 0.1) is 0 Å². The standard InChI is InChI=1S/C16H17NOS.C14H10ClN3OS/c1-18-16(19)17(12-14-8-4-2-5-9-14)13-15-10-6-3-7-11-15;15-9-4-3-5-10(8-9)16-14(19)20-13-17-11-6-1-2-7-12(11)18-13/h2-11H,12-13H2,1H3;1-8H,(H,16,19)(H,17,18). The molecule has 1 aromatic heterocycles. The summed E-state index contributed by atoms with van der Waals surface area (Å²) in [4.78, 5) is 21.4. The number of ether oxygens (including phenoxy) is 1. The Bertz CT molecular complexity index is 1440. The number of nitrogens with zero attached hydrogens (tertiary/aromatic N) is 2. The number of anilines is 1. The molecule has 0 aliphatic carbocycles. The number of hydrogen-bond donors (Lipinski definition) is 2. The predicted molar refractivity (Wildman–Crippen MR) is 164 cm³/mol. The predicted octanol–water partition coefficient (Wildman–Crippen LogP) is 8.16. The largest absolute Gasteiger partial charge is 0.474 e. The Balaban J connectivity index is 0.000000181. The number of rotatable bonds is 6. The Morgan fingerprint density at radius 1 is 0.923 bits per heavy atom. The van der Waals surface area contributed by atoms with E-state index in [1.54, 1.807) is 31.4 Å². The summed E-state index contributed by atoms with van der Waals surface area (Å²) in [7, 11) is 1.62. The monoisotopic (exact) mass is 574 g/mol. The van der Waals surface area contributed by atoms with Crippen molar-refractivity contribution in [1.29, 1.82) is 0 Å². The van der Waals surface area contributed by atoms with Gasteiger partial charge >= 0.3 is 0 Å². The average molecular weight is 575 g/mol. The first-order valence-corrected chi connectivity index (χ1v) is 13.7. The molecule has 0 bridgehead atoms. The Morgan fingerprint density at radius 2 is 1.54 bits per heavy atom. The van der Waals surface area contributed by atoms with E-state index in [2.05, 4.69) is 44.5 Å². The number of aromatic nitrogens is 2. The van der Waals surface area contributed by atoms with E-state index in [-0.39, 0.29) is 5.24 Å². The highest BCUT2D eigenvalue weighted by molar-refractivity contribution is 8.13. The molecule has 9 heteroatoms. The molecule has 5 aromatic rings. The molecule has 0 aliphatic heterocycles. The van der Waals surface area contributed by atoms with Gasteiger partial charge in [0.1, 0.15) is 0 Å². The van der Waals surface area contributed by atoms with Gasteiger partial charge in [-0.3, -0.25) is 4.79 Å². The Kier molecular flexibility index (Phi) is 10.4. The highest BCUT2D eigenvalue weighted by atomic mass is 35.5. The van der Waals surface area contributed by atoms with Crippen LogP contribution in [-0.2, 0) is 17.8 Å². The van der Waals surface area contributed by atoms with Gasteiger partial charge in [-0.05, 0) is 53.7 Å². The lowest BCUT2D eigenvalue weighted by molar-refractivity contribution is 0.269. The fourth-order valence-electron chi connectivity index (χ4n) is 3.70. The minimum Gasteiger partial charge on any atom is -0.474 e. The maximum absolute atomic E-state index is 11.9. The van der Waals surface area contributed by atoms with E-state index in [4.69, 9.17) is 28.6 Å². The van der Waals surface area contributed by atoms with E-state index >= 15 is 0 Å². The zero-order chi connectivity index (χ0) is 27.5. The molecule has 0 unspecified atom stereocenters. The summed E-state index contributed by atoms with van der Waals surface area (Å²) in [5.74, 6) is 0. The molecule has 1 heterocycles. The van der Waals surface area contributed by atoms with E-state index in [0.717, 1.165) is 35.9 Å². The number of benzene rings is 4. The number of thiocarbonyl (C=S) groups is 1. The molecule has 39 heavy (non-hydrogen) atoms. The second kappa shape index (κ2) is 14.3. The summed E-state index contributed by atoms with van der Waals surface area (Å²) in [5, 5.41) is 4.20. The van der Waals surface area contributed by atoms with Gasteiger partial charge in [-0.25, -0.2) is 4.98 Å². The molecule has 0 aliphatic rings. The van der Waals surface area contributed by atoms with Gasteiger partial charge in [0.05, 0.1) is 18.1 Å². The van der Waals surface area contributed by atoms with Crippen molar-refractivity contribution in [3.05, 3.63) is 125 Å². The zero-order valence-corrected chi connectivity index (χ0v) is 23.6. The van der Waals surface area contributed by atoms with E-state index < -0.39 is 0 Å². The fourth-order valence-corrected chi connectivity index (χ4v) is 4.67. The van der Waals surface area contributed by atoms with Crippen LogP contribution >= 0.6 is 35.6 Å². The molecule has 0 saturated heterocycles. The molecule has 0 fully saturated rings. The van der Waals surface area contributed by atoms with Crippen molar-refractivity contribution in [3.8, 4) is 0 Å². The number of para-hydroxylation sites is 2.